The number of esters is 2. The van der Waals surface area contributed by atoms with Crippen LogP contribution in [0.25, 0.3) is 0 Å². The Labute approximate surface area is 556 Å². The molecular weight excluding hydrogens is 1250 g/mol. The number of carboxylic acid groups (broad SMARTS) is 3. The van der Waals surface area contributed by atoms with Crippen LogP contribution in [0.3, 0.4) is 0 Å². The Morgan fingerprint density at radius 3 is 1.62 bits per heavy atom. The van der Waals surface area contributed by atoms with Gasteiger partial charge in [0.2, 0.25) is 23.6 Å². The molecule has 2 heterocycles. The molecule has 93 heavy (non-hydrogen) atoms. The van der Waals surface area contributed by atoms with E-state index >= 15 is 0 Å². The van der Waals surface area contributed by atoms with Gasteiger partial charge in [-0.25, -0.2) is 9.36 Å². The number of nitrogens with zero attached hydrogens (tertiary/aromatic N) is 1. The number of carbonyl (C=O) groups excluding carboxylic acids is 7. The van der Waals surface area contributed by atoms with E-state index in [0.717, 1.165) is 62.0 Å². The minimum atomic E-state index is -4.78. The number of thioether (sulfide) groups is 1. The number of hydrogen-bond acceptors (Lipinski definition) is 17. The number of nitrogens with one attached hydrogen (secondary N) is 6. The van der Waals surface area contributed by atoms with Crippen molar-refractivity contribution in [2.24, 2.45) is 0 Å². The first-order chi connectivity index (χ1) is 44.7. The number of phosphoric ester groups is 1. The van der Waals surface area contributed by atoms with Crippen LogP contribution in [0.4, 0.5) is 4.79 Å². The molecule has 0 aromatic rings. The molecule has 2 fully saturated rings. The predicted molar refractivity (Wildman–Crippen MR) is 354 cm³/mol. The molecule has 7 atom stereocenters. The van der Waals surface area contributed by atoms with Crippen molar-refractivity contribution in [2.75, 3.05) is 58.3 Å². The lowest BCUT2D eigenvalue weighted by atomic mass is 10.0. The SMILES string of the molecule is CCCCCCCCCCCCCCCC(=O)OCC(COP(=O)(O)OCCNC(=O)CCNC(=O)[C@H](CCCCNC(=O)CC[C@@H](C(=O)O)N(CC(=O)O)CC(=O)O)NC(=O)CCCCC1SCC2NC(=O)NC21)OC(=O)CCCCCCCCCCCCCCC. The number of hydrogen-bond donors (Lipinski definition) is 10. The van der Waals surface area contributed by atoms with Crippen LogP contribution in [0.15, 0.2) is 0 Å². The van der Waals surface area contributed by atoms with Gasteiger partial charge in [-0.3, -0.25) is 57.1 Å². The van der Waals surface area contributed by atoms with Crippen LogP contribution in [-0.4, -0.2) is 178 Å². The second-order valence-electron chi connectivity index (χ2n) is 24.7. The molecule has 0 spiro atoms. The van der Waals surface area contributed by atoms with E-state index in [2.05, 4.69) is 45.7 Å². The van der Waals surface area contributed by atoms with Crippen molar-refractivity contribution in [1.29, 1.82) is 0 Å². The molecule has 26 nitrogen and oxygen atoms in total. The fraction of sp³-hybridized carbons (Fsp3) is 0.846. The highest BCUT2D eigenvalue weighted by molar-refractivity contribution is 8.00. The second-order valence-corrected chi connectivity index (χ2v) is 27.4. The zero-order valence-electron chi connectivity index (χ0n) is 55.9. The summed E-state index contributed by atoms with van der Waals surface area (Å²) in [6, 6.07) is -2.69. The molecule has 0 saturated carbocycles. The number of fused-ring (bicyclic) bond motifs is 1. The van der Waals surface area contributed by atoms with Crippen molar-refractivity contribution < 1.29 is 91.2 Å². The van der Waals surface area contributed by atoms with Crippen molar-refractivity contribution >= 4 is 79.1 Å². The monoisotopic (exact) mass is 1360 g/mol. The average molecular weight is 1360 g/mol. The number of phosphoric acid groups is 1. The van der Waals surface area contributed by atoms with Gasteiger partial charge in [-0.05, 0) is 51.4 Å². The van der Waals surface area contributed by atoms with E-state index in [0.29, 0.717) is 38.5 Å². The van der Waals surface area contributed by atoms with Crippen LogP contribution in [0.2, 0.25) is 0 Å². The summed E-state index contributed by atoms with van der Waals surface area (Å²) >= 11 is 1.76. The molecule has 2 saturated heterocycles. The second kappa shape index (κ2) is 53.1. The summed E-state index contributed by atoms with van der Waals surface area (Å²) in [6.45, 7) is 0.968. The van der Waals surface area contributed by atoms with Crippen LogP contribution in [0, 0.1) is 0 Å². The Morgan fingerprint density at radius 1 is 0.559 bits per heavy atom. The minimum absolute atomic E-state index is 0.0188. The Hall–Kier alpha value is -5.08. The maximum absolute atomic E-state index is 13.5. The fourth-order valence-corrected chi connectivity index (χ4v) is 13.5. The first-order valence-electron chi connectivity index (χ1n) is 34.9. The van der Waals surface area contributed by atoms with E-state index in [-0.39, 0.29) is 100 Å². The zero-order chi connectivity index (χ0) is 68.3. The third kappa shape index (κ3) is 44.3. The molecule has 0 aromatic carbocycles. The van der Waals surface area contributed by atoms with Gasteiger partial charge in [0.25, 0.3) is 0 Å². The maximum Gasteiger partial charge on any atom is 0.472 e. The largest absolute Gasteiger partial charge is 0.480 e. The highest BCUT2D eigenvalue weighted by Crippen LogP contribution is 2.43. The smallest absolute Gasteiger partial charge is 0.472 e. The van der Waals surface area contributed by atoms with Crippen molar-refractivity contribution in [3.8, 4) is 0 Å². The third-order valence-corrected chi connectivity index (χ3v) is 19.0. The molecule has 0 aliphatic carbocycles. The first-order valence-corrected chi connectivity index (χ1v) is 37.4. The van der Waals surface area contributed by atoms with E-state index < -0.39 is 99.9 Å². The van der Waals surface area contributed by atoms with Gasteiger partial charge < -0.3 is 61.6 Å². The number of rotatable bonds is 62. The van der Waals surface area contributed by atoms with Crippen LogP contribution in [0.5, 0.6) is 0 Å². The molecule has 0 radical (unpaired) electrons. The fourth-order valence-electron chi connectivity index (χ4n) is 11.2. The lowest BCUT2D eigenvalue weighted by Crippen LogP contribution is -2.47. The van der Waals surface area contributed by atoms with Crippen molar-refractivity contribution in [1.82, 2.24) is 36.8 Å². The number of urea groups is 1. The molecule has 10 N–H and O–H groups in total. The van der Waals surface area contributed by atoms with Gasteiger partial charge in [-0.1, -0.05) is 174 Å². The first kappa shape index (κ1) is 84.0. The van der Waals surface area contributed by atoms with Crippen molar-refractivity contribution in [2.45, 2.75) is 293 Å². The Morgan fingerprint density at radius 2 is 1.08 bits per heavy atom. The summed E-state index contributed by atoms with van der Waals surface area (Å²) in [4.78, 5) is 135. The summed E-state index contributed by atoms with van der Waals surface area (Å²) in [7, 11) is -4.78. The molecular formula is C65H116N7O19PS. The summed E-state index contributed by atoms with van der Waals surface area (Å²) < 4.78 is 34.3. The number of carbonyl (C=O) groups is 10. The van der Waals surface area contributed by atoms with Gasteiger partial charge in [-0.2, -0.15) is 11.8 Å². The Bertz CT molecular complexity index is 2210. The molecule has 0 bridgehead atoms. The Balaban J connectivity index is 1.87. The number of aliphatic carboxylic acids is 3. The third-order valence-electron chi connectivity index (χ3n) is 16.5. The quantitative estimate of drug-likeness (QED) is 0.0117. The van der Waals surface area contributed by atoms with E-state index in [1.54, 1.807) is 11.8 Å². The lowest BCUT2D eigenvalue weighted by Gasteiger charge is -2.25. The summed E-state index contributed by atoms with van der Waals surface area (Å²) in [6.07, 6.45) is 31.0. The van der Waals surface area contributed by atoms with Crippen LogP contribution in [0.1, 0.15) is 258 Å². The normalized spacial score (nSPS) is 16.6. The van der Waals surface area contributed by atoms with Gasteiger partial charge in [-0.15, -0.1) is 0 Å². The zero-order valence-corrected chi connectivity index (χ0v) is 57.6. The number of unbranched alkanes of at least 4 members (excludes halogenated alkanes) is 26. The summed E-state index contributed by atoms with van der Waals surface area (Å²) in [5, 5.41) is 44.6. The van der Waals surface area contributed by atoms with E-state index in [9.17, 15) is 62.5 Å². The van der Waals surface area contributed by atoms with Crippen molar-refractivity contribution in [3.63, 3.8) is 0 Å². The molecule has 28 heteroatoms. The van der Waals surface area contributed by atoms with E-state index in [4.69, 9.17) is 28.7 Å². The van der Waals surface area contributed by atoms with Gasteiger partial charge in [0.05, 0.1) is 38.4 Å². The molecule has 2 aliphatic heterocycles. The minimum Gasteiger partial charge on any atom is -0.480 e. The highest BCUT2D eigenvalue weighted by atomic mass is 32.2. The number of carboxylic acids is 3. The average Bonchev–Trinajstić information content (AvgIpc) is 1.71. The number of ether oxygens (including phenoxy) is 2. The molecule has 2 aliphatic rings. The molecule has 5 unspecified atom stereocenters. The maximum atomic E-state index is 13.5. The highest BCUT2D eigenvalue weighted by Gasteiger charge is 2.42. The topological polar surface area (TPSA) is 381 Å². The molecule has 6 amide bonds. The number of amides is 6. The molecule has 536 valence electrons. The summed E-state index contributed by atoms with van der Waals surface area (Å²) in [5.74, 6) is -6.69. The van der Waals surface area contributed by atoms with Gasteiger partial charge in [0.1, 0.15) is 18.7 Å². The predicted octanol–water partition coefficient (Wildman–Crippen LogP) is 9.36. The standard InChI is InChI=1S/C65H116N7O19PS/c1-3-5-7-9-11-13-15-17-19-21-23-25-27-36-60(80)88-47-50(91-61(81)37-28-26-24-22-20-18-16-14-12-10-8-6-4-2)48-90-92(86,87)89-44-43-67-56(74)40-42-68-63(82)51(69-57(75)35-30-29-34-54-62-52(49-93-54)70-65(85)71-62)33-31-32-41-66-55(73)39-38-53(64(83)84)72(45-58(76)77)46-59(78)79/h50-54,62H,3-49H2,1-2H3,(H,66,73)(H,67,74)(H,68,82)(H,69,75)(H,76,77)(H,78,79)(H,83,84)(H,86,87)(H2,70,71,85)/t50?,51-,52?,53-,54?,62?/m0/s1. The van der Waals surface area contributed by atoms with Crippen LogP contribution in [-0.2, 0) is 66.2 Å². The summed E-state index contributed by atoms with van der Waals surface area (Å²) in [5.41, 5.74) is 0. The van der Waals surface area contributed by atoms with E-state index in [1.165, 1.54) is 109 Å². The van der Waals surface area contributed by atoms with Crippen LogP contribution < -0.4 is 31.9 Å². The lowest BCUT2D eigenvalue weighted by molar-refractivity contribution is -0.161. The van der Waals surface area contributed by atoms with Gasteiger partial charge >= 0.3 is 43.7 Å². The Kier molecular flexibility index (Phi) is 48.0. The van der Waals surface area contributed by atoms with E-state index in [1.807, 2.05) is 0 Å². The van der Waals surface area contributed by atoms with Gasteiger partial charge in [0, 0.05) is 62.7 Å². The molecule has 0 aromatic heterocycles. The van der Waals surface area contributed by atoms with Gasteiger partial charge in [0.15, 0.2) is 6.10 Å². The van der Waals surface area contributed by atoms with Crippen LogP contribution >= 0.6 is 19.6 Å². The van der Waals surface area contributed by atoms with Crippen molar-refractivity contribution in [3.05, 3.63) is 0 Å². The molecule has 2 rings (SSSR count).